The van der Waals surface area contributed by atoms with Crippen LogP contribution in [0.2, 0.25) is 0 Å². The molecule has 3 aliphatic rings. The van der Waals surface area contributed by atoms with Gasteiger partial charge in [0.05, 0.1) is 30.7 Å². The lowest BCUT2D eigenvalue weighted by molar-refractivity contribution is -0.385. The van der Waals surface area contributed by atoms with Crippen LogP contribution < -0.4 is 9.47 Å². The second-order valence-corrected chi connectivity index (χ2v) is 14.0. The number of hydrogen-bond acceptors (Lipinski definition) is 10. The van der Waals surface area contributed by atoms with Gasteiger partial charge in [-0.05, 0) is 69.1 Å². The van der Waals surface area contributed by atoms with Gasteiger partial charge in [-0.1, -0.05) is 51.0 Å². The molecule has 2 saturated heterocycles. The lowest BCUT2D eigenvalue weighted by atomic mass is 9.94. The van der Waals surface area contributed by atoms with Crippen LogP contribution in [0.25, 0.3) is 10.8 Å². The molecule has 54 heavy (non-hydrogen) atoms. The van der Waals surface area contributed by atoms with Crippen molar-refractivity contribution in [3.8, 4) is 11.5 Å². The number of hydrogen-bond donors (Lipinski definition) is 0. The first-order chi connectivity index (χ1) is 26.2. The Hall–Kier alpha value is -4.88. The van der Waals surface area contributed by atoms with E-state index in [1.54, 1.807) is 12.1 Å². The van der Waals surface area contributed by atoms with Crippen LogP contribution in [0, 0.1) is 10.1 Å². The molecular weight excluding hydrogens is 690 g/mol. The van der Waals surface area contributed by atoms with Gasteiger partial charge in [-0.15, -0.1) is 0 Å². The normalized spacial score (nSPS) is 17.4. The van der Waals surface area contributed by atoms with E-state index in [4.69, 9.17) is 9.47 Å². The second kappa shape index (κ2) is 19.4. The van der Waals surface area contributed by atoms with Crippen molar-refractivity contribution < 1.29 is 33.6 Å². The van der Waals surface area contributed by atoms with E-state index in [1.807, 2.05) is 24.3 Å². The van der Waals surface area contributed by atoms with E-state index in [9.17, 15) is 29.3 Å². The highest BCUT2D eigenvalue weighted by atomic mass is 16.6. The summed E-state index contributed by atoms with van der Waals surface area (Å²) in [6.45, 7) is 11.1. The maximum Gasteiger partial charge on any atom is 0.286 e. The van der Waals surface area contributed by atoms with E-state index in [2.05, 4.69) is 23.6 Å². The van der Waals surface area contributed by atoms with E-state index in [0.29, 0.717) is 50.0 Å². The van der Waals surface area contributed by atoms with Crippen molar-refractivity contribution in [3.05, 3.63) is 75.3 Å². The fraction of sp³-hybridized carbons (Fsp3) is 0.512. The van der Waals surface area contributed by atoms with Crippen LogP contribution in [0.15, 0.2) is 48.5 Å². The first-order valence-electron chi connectivity index (χ1n) is 19.3. The third-order valence-electron chi connectivity index (χ3n) is 10.5. The summed E-state index contributed by atoms with van der Waals surface area (Å²) in [5, 5.41) is 13.5. The summed E-state index contributed by atoms with van der Waals surface area (Å²) in [6.07, 6.45) is 7.82. The SMILES string of the molecule is CCCC.COc1cc(C(=O)N2CCC[C@H]2C=O)c([N+](=O)[O-])cc1OCCCCN1CCN(CCCCN2C(=O)c3cccc4cccc(c34)C2=O)CC1. The molecule has 3 aliphatic heterocycles. The molecule has 0 aliphatic carbocycles. The minimum Gasteiger partial charge on any atom is -0.493 e. The summed E-state index contributed by atoms with van der Waals surface area (Å²) in [4.78, 5) is 69.7. The van der Waals surface area contributed by atoms with E-state index in [0.717, 1.165) is 75.7 Å². The molecule has 0 saturated carbocycles. The molecule has 0 bridgehead atoms. The Bertz CT molecular complexity index is 1750. The third kappa shape index (κ3) is 9.43. The number of likely N-dealkylation sites (tertiary alicyclic amines) is 1. The number of amides is 3. The Morgan fingerprint density at radius 3 is 2.00 bits per heavy atom. The Morgan fingerprint density at radius 1 is 0.852 bits per heavy atom. The van der Waals surface area contributed by atoms with Crippen molar-refractivity contribution >= 4 is 40.5 Å². The van der Waals surface area contributed by atoms with Gasteiger partial charge >= 0.3 is 0 Å². The Morgan fingerprint density at radius 2 is 1.44 bits per heavy atom. The van der Waals surface area contributed by atoms with Crippen molar-refractivity contribution in [2.24, 2.45) is 0 Å². The minimum atomic E-state index is -0.610. The average molecular weight is 744 g/mol. The Labute approximate surface area is 317 Å². The third-order valence-corrected chi connectivity index (χ3v) is 10.5. The monoisotopic (exact) mass is 743 g/mol. The fourth-order valence-electron chi connectivity index (χ4n) is 7.23. The highest BCUT2D eigenvalue weighted by molar-refractivity contribution is 6.25. The molecule has 3 aromatic carbocycles. The number of carbonyl (C=O) groups is 4. The molecule has 1 atom stereocenters. The molecule has 0 spiro atoms. The number of piperazine rings is 1. The van der Waals surface area contributed by atoms with Crippen LogP contribution >= 0.6 is 0 Å². The summed E-state index contributed by atoms with van der Waals surface area (Å²) in [6, 6.07) is 13.2. The summed E-state index contributed by atoms with van der Waals surface area (Å²) in [5.41, 5.74) is 0.694. The number of benzene rings is 3. The Balaban J connectivity index is 0.00000133. The topological polar surface area (TPSA) is 143 Å². The molecule has 3 amide bonds. The van der Waals surface area contributed by atoms with Gasteiger partial charge in [0.2, 0.25) is 0 Å². The molecule has 0 N–H and O–H groups in total. The molecule has 0 radical (unpaired) electrons. The molecule has 13 nitrogen and oxygen atoms in total. The zero-order valence-corrected chi connectivity index (χ0v) is 31.8. The zero-order chi connectivity index (χ0) is 38.6. The van der Waals surface area contributed by atoms with E-state index in [1.165, 1.54) is 41.9 Å². The van der Waals surface area contributed by atoms with Crippen molar-refractivity contribution in [1.29, 1.82) is 0 Å². The molecule has 3 heterocycles. The lowest BCUT2D eigenvalue weighted by Gasteiger charge is -2.35. The molecule has 290 valence electrons. The fourth-order valence-corrected chi connectivity index (χ4v) is 7.23. The van der Waals surface area contributed by atoms with Gasteiger partial charge < -0.3 is 29.0 Å². The molecule has 0 aromatic heterocycles. The maximum absolute atomic E-state index is 13.1. The highest BCUT2D eigenvalue weighted by Crippen LogP contribution is 2.36. The van der Waals surface area contributed by atoms with Gasteiger partial charge in [0.15, 0.2) is 11.5 Å². The smallest absolute Gasteiger partial charge is 0.286 e. The van der Waals surface area contributed by atoms with Crippen molar-refractivity contribution in [1.82, 2.24) is 19.6 Å². The average Bonchev–Trinajstić information content (AvgIpc) is 3.68. The van der Waals surface area contributed by atoms with Crippen LogP contribution in [-0.2, 0) is 4.79 Å². The first-order valence-corrected chi connectivity index (χ1v) is 19.3. The maximum atomic E-state index is 13.1. The summed E-state index contributed by atoms with van der Waals surface area (Å²) in [7, 11) is 1.42. The van der Waals surface area contributed by atoms with Crippen LogP contribution in [0.4, 0.5) is 5.69 Å². The Kier molecular flexibility index (Phi) is 14.5. The molecular formula is C41H53N5O8. The standard InChI is InChI=1S/C37H43N5O8.C4H10/c1-49-32-23-30(37(46)40-17-8-11-27(40)25-43)31(42(47)48)24-33(32)50-22-5-4-15-39-20-18-38(19-21-39)14-2-3-16-41-35(44)28-12-6-9-26-10-7-13-29(34(26)28)36(41)45;1-3-4-2/h6-7,9-10,12-13,23-25,27H,2-5,8,11,14-22H2,1H3;3-4H2,1-2H3/t27-;/m0./s1. The predicted octanol–water partition coefficient (Wildman–Crippen LogP) is 6.22. The number of methoxy groups -OCH3 is 1. The number of unbranched alkanes of at least 4 members (excludes halogenated alkanes) is 3. The van der Waals surface area contributed by atoms with Gasteiger partial charge in [0, 0.05) is 61.8 Å². The van der Waals surface area contributed by atoms with Crippen molar-refractivity contribution in [2.75, 3.05) is 66.1 Å². The van der Waals surface area contributed by atoms with Crippen molar-refractivity contribution in [3.63, 3.8) is 0 Å². The van der Waals surface area contributed by atoms with E-state index in [-0.39, 0.29) is 34.6 Å². The molecule has 0 unspecified atom stereocenters. The lowest BCUT2D eigenvalue weighted by Crippen LogP contribution is -2.47. The van der Waals surface area contributed by atoms with Gasteiger partial charge in [0.1, 0.15) is 11.8 Å². The summed E-state index contributed by atoms with van der Waals surface area (Å²) >= 11 is 0. The number of rotatable bonds is 16. The van der Waals surface area contributed by atoms with Crippen LogP contribution in [0.3, 0.4) is 0 Å². The van der Waals surface area contributed by atoms with E-state index < -0.39 is 16.9 Å². The quantitative estimate of drug-likeness (QED) is 0.0546. The summed E-state index contributed by atoms with van der Waals surface area (Å²) in [5.74, 6) is -0.555. The number of nitro groups is 1. The summed E-state index contributed by atoms with van der Waals surface area (Å²) < 4.78 is 11.3. The second-order valence-electron chi connectivity index (χ2n) is 14.0. The first kappa shape index (κ1) is 40.3. The van der Waals surface area contributed by atoms with Gasteiger partial charge in [0.25, 0.3) is 23.4 Å². The molecule has 6 rings (SSSR count). The molecule has 13 heteroatoms. The van der Waals surface area contributed by atoms with Crippen LogP contribution in [0.1, 0.15) is 96.3 Å². The van der Waals surface area contributed by atoms with Gasteiger partial charge in [-0.3, -0.25) is 29.4 Å². The number of imide groups is 1. The molecule has 3 aromatic rings. The van der Waals surface area contributed by atoms with Crippen LogP contribution in [-0.4, -0.2) is 121 Å². The highest BCUT2D eigenvalue weighted by Gasteiger charge is 2.35. The number of nitro benzene ring substituents is 1. The van der Waals surface area contributed by atoms with Gasteiger partial charge in [-0.25, -0.2) is 0 Å². The van der Waals surface area contributed by atoms with E-state index >= 15 is 0 Å². The predicted molar refractivity (Wildman–Crippen MR) is 207 cm³/mol. The number of aldehydes is 1. The number of nitrogens with zero attached hydrogens (tertiary/aromatic N) is 5. The largest absolute Gasteiger partial charge is 0.493 e. The zero-order valence-electron chi connectivity index (χ0n) is 31.8. The number of carbonyl (C=O) groups excluding carboxylic acids is 4. The molecule has 2 fully saturated rings. The minimum absolute atomic E-state index is 0.122. The van der Waals surface area contributed by atoms with Gasteiger partial charge in [-0.2, -0.15) is 0 Å². The number of ether oxygens (including phenoxy) is 2. The van der Waals surface area contributed by atoms with Crippen molar-refractivity contribution in [2.45, 2.75) is 71.3 Å². The van der Waals surface area contributed by atoms with Crippen LogP contribution in [0.5, 0.6) is 11.5 Å².